The Morgan fingerprint density at radius 1 is 1.25 bits per heavy atom. The minimum atomic E-state index is 0.493. The molecule has 2 aliphatic carbocycles. The van der Waals surface area contributed by atoms with Crippen LogP contribution >= 0.6 is 0 Å². The van der Waals surface area contributed by atoms with Gasteiger partial charge in [0.2, 0.25) is 0 Å². The molecule has 3 heteroatoms. The van der Waals surface area contributed by atoms with Gasteiger partial charge in [-0.05, 0) is 45.6 Å². The second kappa shape index (κ2) is 5.99. The summed E-state index contributed by atoms with van der Waals surface area (Å²) in [6, 6.07) is 1.58. The zero-order valence-corrected chi connectivity index (χ0v) is 10.7. The molecule has 0 aliphatic heterocycles. The molecule has 16 heavy (non-hydrogen) atoms. The molecule has 94 valence electrons. The second-order valence-corrected chi connectivity index (χ2v) is 5.39. The average Bonchev–Trinajstić information content (AvgIpc) is 3.13. The minimum absolute atomic E-state index is 0.493. The zero-order valence-electron chi connectivity index (χ0n) is 10.7. The standard InChI is InChI=1S/C13H26N2O/c1-15(12-6-7-12)9-8-14-11-4-3-5-13(10-11)16-2/h11-14H,3-10H2,1-2H3. The van der Waals surface area contributed by atoms with Crippen molar-refractivity contribution in [2.75, 3.05) is 27.2 Å². The van der Waals surface area contributed by atoms with Crippen LogP contribution in [-0.2, 0) is 4.74 Å². The highest BCUT2D eigenvalue weighted by Crippen LogP contribution is 2.25. The smallest absolute Gasteiger partial charge is 0.0586 e. The fourth-order valence-electron chi connectivity index (χ4n) is 2.69. The van der Waals surface area contributed by atoms with Crippen molar-refractivity contribution in [1.82, 2.24) is 10.2 Å². The topological polar surface area (TPSA) is 24.5 Å². The number of nitrogens with one attached hydrogen (secondary N) is 1. The first kappa shape index (κ1) is 12.3. The van der Waals surface area contributed by atoms with Gasteiger partial charge in [0.05, 0.1) is 6.10 Å². The van der Waals surface area contributed by atoms with Crippen LogP contribution in [0.5, 0.6) is 0 Å². The summed E-state index contributed by atoms with van der Waals surface area (Å²) in [5.41, 5.74) is 0. The average molecular weight is 226 g/mol. The molecule has 0 bridgehead atoms. The highest BCUT2D eigenvalue weighted by molar-refractivity contribution is 4.83. The molecule has 2 atom stereocenters. The molecular formula is C13H26N2O. The van der Waals surface area contributed by atoms with Crippen molar-refractivity contribution in [3.8, 4) is 0 Å². The lowest BCUT2D eigenvalue weighted by Gasteiger charge is -2.29. The fraction of sp³-hybridized carbons (Fsp3) is 1.00. The van der Waals surface area contributed by atoms with Crippen molar-refractivity contribution < 1.29 is 4.74 Å². The number of hydrogen-bond donors (Lipinski definition) is 1. The van der Waals surface area contributed by atoms with E-state index in [1.165, 1.54) is 45.1 Å². The van der Waals surface area contributed by atoms with Gasteiger partial charge in [-0.15, -0.1) is 0 Å². The van der Waals surface area contributed by atoms with Gasteiger partial charge in [0, 0.05) is 32.3 Å². The molecule has 0 aromatic rings. The fourth-order valence-corrected chi connectivity index (χ4v) is 2.69. The summed E-state index contributed by atoms with van der Waals surface area (Å²) < 4.78 is 5.45. The van der Waals surface area contributed by atoms with Crippen molar-refractivity contribution in [1.29, 1.82) is 0 Å². The third-order valence-electron chi connectivity index (χ3n) is 4.03. The molecule has 2 fully saturated rings. The number of ether oxygens (including phenoxy) is 1. The van der Waals surface area contributed by atoms with E-state index in [1.807, 2.05) is 7.11 Å². The van der Waals surface area contributed by atoms with Crippen LogP contribution < -0.4 is 5.32 Å². The van der Waals surface area contributed by atoms with Gasteiger partial charge < -0.3 is 15.0 Å². The van der Waals surface area contributed by atoms with E-state index < -0.39 is 0 Å². The summed E-state index contributed by atoms with van der Waals surface area (Å²) in [5.74, 6) is 0. The minimum Gasteiger partial charge on any atom is -0.381 e. The summed E-state index contributed by atoms with van der Waals surface area (Å²) in [5, 5.41) is 3.68. The molecule has 0 spiro atoms. The first-order valence-electron chi connectivity index (χ1n) is 6.76. The normalized spacial score (nSPS) is 30.9. The predicted octanol–water partition coefficient (Wildman–Crippen LogP) is 1.63. The van der Waals surface area contributed by atoms with E-state index in [2.05, 4.69) is 17.3 Å². The lowest BCUT2D eigenvalue weighted by Crippen LogP contribution is -2.40. The first-order chi connectivity index (χ1) is 7.79. The molecule has 2 aliphatic rings. The maximum Gasteiger partial charge on any atom is 0.0586 e. The Morgan fingerprint density at radius 2 is 2.06 bits per heavy atom. The van der Waals surface area contributed by atoms with Crippen LogP contribution in [0.4, 0.5) is 0 Å². The Balaban J connectivity index is 1.57. The third kappa shape index (κ3) is 3.72. The predicted molar refractivity (Wildman–Crippen MR) is 66.7 cm³/mol. The van der Waals surface area contributed by atoms with Gasteiger partial charge in [-0.3, -0.25) is 0 Å². The van der Waals surface area contributed by atoms with Crippen molar-refractivity contribution in [2.45, 2.75) is 56.7 Å². The molecule has 2 saturated carbocycles. The van der Waals surface area contributed by atoms with Gasteiger partial charge in [-0.2, -0.15) is 0 Å². The van der Waals surface area contributed by atoms with Crippen LogP contribution in [0, 0.1) is 0 Å². The Hall–Kier alpha value is -0.120. The van der Waals surface area contributed by atoms with Crippen LogP contribution in [0.3, 0.4) is 0 Å². The van der Waals surface area contributed by atoms with Crippen molar-refractivity contribution in [2.24, 2.45) is 0 Å². The van der Waals surface area contributed by atoms with Crippen LogP contribution in [0.25, 0.3) is 0 Å². The van der Waals surface area contributed by atoms with E-state index in [0.717, 1.165) is 12.6 Å². The van der Waals surface area contributed by atoms with E-state index in [0.29, 0.717) is 12.1 Å². The molecule has 0 aromatic heterocycles. The van der Waals surface area contributed by atoms with Crippen molar-refractivity contribution in [3.63, 3.8) is 0 Å². The summed E-state index contributed by atoms with van der Waals surface area (Å²) in [6.45, 7) is 2.33. The monoisotopic (exact) mass is 226 g/mol. The van der Waals surface area contributed by atoms with Crippen LogP contribution in [0.15, 0.2) is 0 Å². The molecule has 1 N–H and O–H groups in total. The van der Waals surface area contributed by atoms with Gasteiger partial charge in [0.1, 0.15) is 0 Å². The molecule has 0 saturated heterocycles. The van der Waals surface area contributed by atoms with E-state index in [1.54, 1.807) is 0 Å². The molecule has 2 unspecified atom stereocenters. The highest BCUT2D eigenvalue weighted by Gasteiger charge is 2.26. The van der Waals surface area contributed by atoms with E-state index in [9.17, 15) is 0 Å². The maximum absolute atomic E-state index is 5.45. The van der Waals surface area contributed by atoms with Gasteiger partial charge >= 0.3 is 0 Å². The Labute approximate surface area is 99.5 Å². The molecule has 3 nitrogen and oxygen atoms in total. The molecular weight excluding hydrogens is 200 g/mol. The quantitative estimate of drug-likeness (QED) is 0.745. The second-order valence-electron chi connectivity index (χ2n) is 5.39. The highest BCUT2D eigenvalue weighted by atomic mass is 16.5. The number of likely N-dealkylation sites (N-methyl/N-ethyl adjacent to an activating group) is 1. The SMILES string of the molecule is COC1CCCC(NCCN(C)C2CC2)C1. The molecule has 0 heterocycles. The number of nitrogens with zero attached hydrogens (tertiary/aromatic N) is 1. The molecule has 0 amide bonds. The Morgan fingerprint density at radius 3 is 2.75 bits per heavy atom. The van der Waals surface area contributed by atoms with Crippen molar-refractivity contribution >= 4 is 0 Å². The molecule has 0 radical (unpaired) electrons. The first-order valence-corrected chi connectivity index (χ1v) is 6.76. The zero-order chi connectivity index (χ0) is 11.4. The summed E-state index contributed by atoms with van der Waals surface area (Å²) in [7, 11) is 4.09. The number of rotatable bonds is 6. The third-order valence-corrected chi connectivity index (χ3v) is 4.03. The lowest BCUT2D eigenvalue weighted by molar-refractivity contribution is 0.0585. The summed E-state index contributed by atoms with van der Waals surface area (Å²) in [6.07, 6.45) is 8.40. The van der Waals surface area contributed by atoms with Gasteiger partial charge in [-0.1, -0.05) is 0 Å². The van der Waals surface area contributed by atoms with Gasteiger partial charge in [0.15, 0.2) is 0 Å². The Kier molecular flexibility index (Phi) is 4.62. The van der Waals surface area contributed by atoms with E-state index in [4.69, 9.17) is 4.74 Å². The number of methoxy groups -OCH3 is 1. The molecule has 0 aromatic carbocycles. The van der Waals surface area contributed by atoms with E-state index >= 15 is 0 Å². The summed E-state index contributed by atoms with van der Waals surface area (Å²) in [4.78, 5) is 2.49. The van der Waals surface area contributed by atoms with E-state index in [-0.39, 0.29) is 0 Å². The van der Waals surface area contributed by atoms with Crippen LogP contribution in [0.1, 0.15) is 38.5 Å². The number of hydrogen-bond acceptors (Lipinski definition) is 3. The largest absolute Gasteiger partial charge is 0.381 e. The van der Waals surface area contributed by atoms with Crippen molar-refractivity contribution in [3.05, 3.63) is 0 Å². The van der Waals surface area contributed by atoms with Crippen LogP contribution in [0.2, 0.25) is 0 Å². The van der Waals surface area contributed by atoms with Gasteiger partial charge in [0.25, 0.3) is 0 Å². The van der Waals surface area contributed by atoms with Crippen LogP contribution in [-0.4, -0.2) is 50.3 Å². The lowest BCUT2D eigenvalue weighted by atomic mass is 9.93. The Bertz CT molecular complexity index is 206. The molecule has 2 rings (SSSR count). The summed E-state index contributed by atoms with van der Waals surface area (Å²) >= 11 is 0. The maximum atomic E-state index is 5.45. The van der Waals surface area contributed by atoms with Gasteiger partial charge in [-0.25, -0.2) is 0 Å².